The largest absolute Gasteiger partial charge is 0.348 e. The summed E-state index contributed by atoms with van der Waals surface area (Å²) in [5, 5.41) is 2.79. The van der Waals surface area contributed by atoms with Gasteiger partial charge in [0.1, 0.15) is 0 Å². The number of amides is 1. The second-order valence-corrected chi connectivity index (χ2v) is 5.76. The molecule has 3 rings (SSSR count). The lowest BCUT2D eigenvalue weighted by molar-refractivity contribution is -0.121. The van der Waals surface area contributed by atoms with Gasteiger partial charge in [0.2, 0.25) is 5.91 Å². The highest BCUT2D eigenvalue weighted by molar-refractivity contribution is 6.00. The molecule has 0 saturated carbocycles. The number of ketones is 1. The summed E-state index contributed by atoms with van der Waals surface area (Å²) in [5.74, 6) is -0.721. The summed E-state index contributed by atoms with van der Waals surface area (Å²) in [6.45, 7) is -0.0149. The first-order valence-electron chi connectivity index (χ1n) is 8.21. The van der Waals surface area contributed by atoms with E-state index in [1.54, 1.807) is 12.1 Å². The van der Waals surface area contributed by atoms with Crippen LogP contribution in [-0.2, 0) is 4.79 Å². The van der Waals surface area contributed by atoms with Gasteiger partial charge in [-0.1, -0.05) is 91.0 Å². The van der Waals surface area contributed by atoms with Crippen LogP contribution in [0.2, 0.25) is 0 Å². The molecule has 0 spiro atoms. The van der Waals surface area contributed by atoms with E-state index in [-0.39, 0.29) is 18.2 Å². The van der Waals surface area contributed by atoms with E-state index in [0.29, 0.717) is 5.56 Å². The molecule has 25 heavy (non-hydrogen) atoms. The monoisotopic (exact) mass is 329 g/mol. The highest BCUT2D eigenvalue weighted by Gasteiger charge is 2.22. The zero-order valence-corrected chi connectivity index (χ0v) is 13.8. The Kier molecular flexibility index (Phi) is 5.37. The third kappa shape index (κ3) is 4.21. The van der Waals surface area contributed by atoms with E-state index in [9.17, 15) is 9.59 Å². The van der Waals surface area contributed by atoms with Crippen molar-refractivity contribution in [3.63, 3.8) is 0 Å². The number of hydrogen-bond donors (Lipinski definition) is 1. The maximum atomic E-state index is 12.8. The maximum Gasteiger partial charge on any atom is 0.232 e. The van der Waals surface area contributed by atoms with Crippen molar-refractivity contribution in [2.24, 2.45) is 0 Å². The molecule has 0 atom stereocenters. The van der Waals surface area contributed by atoms with Crippen LogP contribution in [0.1, 0.15) is 27.4 Å². The quantitative estimate of drug-likeness (QED) is 0.699. The molecular formula is C22H19NO2. The van der Waals surface area contributed by atoms with Crippen molar-refractivity contribution < 1.29 is 9.59 Å². The van der Waals surface area contributed by atoms with Crippen LogP contribution < -0.4 is 5.32 Å². The fourth-order valence-corrected chi connectivity index (χ4v) is 2.78. The van der Waals surface area contributed by atoms with Gasteiger partial charge in [0, 0.05) is 5.56 Å². The molecule has 3 aromatic carbocycles. The van der Waals surface area contributed by atoms with Crippen molar-refractivity contribution in [3.05, 3.63) is 108 Å². The number of carbonyl (C=O) groups is 2. The molecule has 0 bridgehead atoms. The molecule has 0 unspecified atom stereocenters. The summed E-state index contributed by atoms with van der Waals surface area (Å²) in [7, 11) is 0. The number of hydrogen-bond acceptors (Lipinski definition) is 2. The summed E-state index contributed by atoms with van der Waals surface area (Å²) in [6, 6.07) is 28.2. The van der Waals surface area contributed by atoms with Crippen LogP contribution in [0.25, 0.3) is 0 Å². The molecule has 0 saturated heterocycles. The number of rotatable bonds is 6. The fraction of sp³-hybridized carbons (Fsp3) is 0.0909. The first kappa shape index (κ1) is 16.7. The van der Waals surface area contributed by atoms with Gasteiger partial charge in [-0.15, -0.1) is 0 Å². The molecule has 3 heteroatoms. The summed E-state index contributed by atoms with van der Waals surface area (Å²) in [5.41, 5.74) is 2.40. The van der Waals surface area contributed by atoms with Gasteiger partial charge < -0.3 is 5.32 Å². The van der Waals surface area contributed by atoms with Gasteiger partial charge in [-0.3, -0.25) is 9.59 Å². The van der Waals surface area contributed by atoms with Crippen LogP contribution in [0, 0.1) is 0 Å². The lowest BCUT2D eigenvalue weighted by Crippen LogP contribution is -2.34. The minimum absolute atomic E-state index is 0.0149. The van der Waals surface area contributed by atoms with Gasteiger partial charge in [0.15, 0.2) is 5.78 Å². The smallest absolute Gasteiger partial charge is 0.232 e. The lowest BCUT2D eigenvalue weighted by atomic mass is 9.90. The number of Topliss-reactive ketones (excluding diaryl/α,β-unsaturated/α-hetero) is 1. The third-order valence-electron chi connectivity index (χ3n) is 4.05. The topological polar surface area (TPSA) is 46.2 Å². The van der Waals surface area contributed by atoms with Gasteiger partial charge in [0.25, 0.3) is 0 Å². The molecule has 3 aromatic rings. The van der Waals surface area contributed by atoms with Crippen molar-refractivity contribution in [3.8, 4) is 0 Å². The van der Waals surface area contributed by atoms with Crippen molar-refractivity contribution in [2.75, 3.05) is 6.54 Å². The molecule has 124 valence electrons. The molecule has 1 N–H and O–H groups in total. The van der Waals surface area contributed by atoms with E-state index in [0.717, 1.165) is 11.1 Å². The average Bonchev–Trinajstić information content (AvgIpc) is 2.69. The van der Waals surface area contributed by atoms with Crippen molar-refractivity contribution >= 4 is 11.7 Å². The molecule has 0 aliphatic carbocycles. The molecule has 3 nitrogen and oxygen atoms in total. The van der Waals surface area contributed by atoms with Crippen molar-refractivity contribution in [2.45, 2.75) is 5.92 Å². The van der Waals surface area contributed by atoms with E-state index < -0.39 is 5.92 Å². The predicted molar refractivity (Wildman–Crippen MR) is 98.5 cm³/mol. The highest BCUT2D eigenvalue weighted by atomic mass is 16.2. The van der Waals surface area contributed by atoms with Gasteiger partial charge in [0.05, 0.1) is 12.5 Å². The summed E-state index contributed by atoms with van der Waals surface area (Å²) >= 11 is 0. The second-order valence-electron chi connectivity index (χ2n) is 5.76. The number of nitrogens with one attached hydrogen (secondary N) is 1. The van der Waals surface area contributed by atoms with E-state index in [4.69, 9.17) is 0 Å². The Balaban J connectivity index is 1.77. The molecule has 1 amide bonds. The Morgan fingerprint density at radius 3 is 1.60 bits per heavy atom. The van der Waals surface area contributed by atoms with Gasteiger partial charge >= 0.3 is 0 Å². The Morgan fingerprint density at radius 1 is 0.680 bits per heavy atom. The molecule has 0 heterocycles. The van der Waals surface area contributed by atoms with Crippen LogP contribution in [-0.4, -0.2) is 18.2 Å². The van der Waals surface area contributed by atoms with Gasteiger partial charge in [-0.2, -0.15) is 0 Å². The first-order chi connectivity index (χ1) is 12.3. The van der Waals surface area contributed by atoms with Crippen LogP contribution in [0.4, 0.5) is 0 Å². The molecule has 0 aromatic heterocycles. The molecular weight excluding hydrogens is 310 g/mol. The molecule has 0 fully saturated rings. The van der Waals surface area contributed by atoms with E-state index in [2.05, 4.69) is 5.32 Å². The Morgan fingerprint density at radius 2 is 1.12 bits per heavy atom. The Labute approximate surface area is 147 Å². The van der Waals surface area contributed by atoms with Crippen LogP contribution in [0.3, 0.4) is 0 Å². The van der Waals surface area contributed by atoms with Crippen LogP contribution in [0.15, 0.2) is 91.0 Å². The fourth-order valence-electron chi connectivity index (χ4n) is 2.78. The minimum atomic E-state index is -0.439. The summed E-state index contributed by atoms with van der Waals surface area (Å²) < 4.78 is 0. The number of carbonyl (C=O) groups excluding carboxylic acids is 2. The van der Waals surface area contributed by atoms with Crippen molar-refractivity contribution in [1.29, 1.82) is 0 Å². The Bertz CT molecular complexity index is 790. The van der Waals surface area contributed by atoms with Gasteiger partial charge in [-0.25, -0.2) is 0 Å². The Hall–Kier alpha value is -3.20. The van der Waals surface area contributed by atoms with E-state index in [1.807, 2.05) is 78.9 Å². The number of benzene rings is 3. The third-order valence-corrected chi connectivity index (χ3v) is 4.05. The minimum Gasteiger partial charge on any atom is -0.348 e. The average molecular weight is 329 g/mol. The normalized spacial score (nSPS) is 10.4. The van der Waals surface area contributed by atoms with E-state index >= 15 is 0 Å². The van der Waals surface area contributed by atoms with E-state index in [1.165, 1.54) is 0 Å². The standard InChI is InChI=1S/C22H19NO2/c24-20(17-10-4-1-5-11-17)16-23-22(25)21(18-12-6-2-7-13-18)19-14-8-3-9-15-19/h1-15,21H,16H2,(H,23,25). The van der Waals surface area contributed by atoms with Crippen LogP contribution in [0.5, 0.6) is 0 Å². The molecule has 0 aliphatic heterocycles. The zero-order valence-electron chi connectivity index (χ0n) is 13.8. The van der Waals surface area contributed by atoms with Crippen LogP contribution >= 0.6 is 0 Å². The van der Waals surface area contributed by atoms with Gasteiger partial charge in [-0.05, 0) is 11.1 Å². The summed E-state index contributed by atoms with van der Waals surface area (Å²) in [4.78, 5) is 25.0. The maximum absolute atomic E-state index is 12.8. The van der Waals surface area contributed by atoms with Crippen molar-refractivity contribution in [1.82, 2.24) is 5.32 Å². The predicted octanol–water partition coefficient (Wildman–Crippen LogP) is 3.82. The summed E-state index contributed by atoms with van der Waals surface area (Å²) in [6.07, 6.45) is 0. The molecule has 0 radical (unpaired) electrons. The first-order valence-corrected chi connectivity index (χ1v) is 8.21. The zero-order chi connectivity index (χ0) is 17.5. The SMILES string of the molecule is O=C(CNC(=O)C(c1ccccc1)c1ccccc1)c1ccccc1. The lowest BCUT2D eigenvalue weighted by Gasteiger charge is -2.17. The highest BCUT2D eigenvalue weighted by Crippen LogP contribution is 2.24. The molecule has 0 aliphatic rings. The second kappa shape index (κ2) is 8.06.